The normalized spacial score (nSPS) is 19.6. The third-order valence-corrected chi connectivity index (χ3v) is 2.25. The number of carbonyl (C=O) groups is 1. The number of benzene rings is 1. The summed E-state index contributed by atoms with van der Waals surface area (Å²) in [6.45, 7) is 0.227. The SMILES string of the molecule is COc1ccc(C2COC(=O)N2)cc1F. The highest BCUT2D eigenvalue weighted by Crippen LogP contribution is 2.23. The van der Waals surface area contributed by atoms with Crippen LogP contribution in [0.2, 0.25) is 0 Å². The summed E-state index contributed by atoms with van der Waals surface area (Å²) >= 11 is 0. The summed E-state index contributed by atoms with van der Waals surface area (Å²) in [6, 6.07) is 4.27. The summed E-state index contributed by atoms with van der Waals surface area (Å²) < 4.78 is 22.8. The summed E-state index contributed by atoms with van der Waals surface area (Å²) in [5, 5.41) is 2.57. The molecule has 1 aliphatic heterocycles. The molecule has 1 unspecified atom stereocenters. The maximum Gasteiger partial charge on any atom is 0.407 e. The van der Waals surface area contributed by atoms with E-state index in [0.717, 1.165) is 0 Å². The monoisotopic (exact) mass is 211 g/mol. The lowest BCUT2D eigenvalue weighted by atomic mass is 10.1. The van der Waals surface area contributed by atoms with Gasteiger partial charge in [0.15, 0.2) is 11.6 Å². The largest absolute Gasteiger partial charge is 0.494 e. The average Bonchev–Trinajstić information content (AvgIpc) is 2.65. The van der Waals surface area contributed by atoms with E-state index >= 15 is 0 Å². The number of amides is 1. The zero-order chi connectivity index (χ0) is 10.8. The van der Waals surface area contributed by atoms with Gasteiger partial charge in [-0.25, -0.2) is 9.18 Å². The minimum absolute atomic E-state index is 0.184. The summed E-state index contributed by atoms with van der Waals surface area (Å²) in [7, 11) is 1.40. The van der Waals surface area contributed by atoms with Gasteiger partial charge in [0.25, 0.3) is 0 Å². The molecule has 0 radical (unpaired) electrons. The fraction of sp³-hybridized carbons (Fsp3) is 0.300. The standard InChI is InChI=1S/C10H10FNO3/c1-14-9-3-2-6(4-7(9)11)8-5-15-10(13)12-8/h2-4,8H,5H2,1H3,(H,12,13). The third kappa shape index (κ3) is 1.86. The van der Waals surface area contributed by atoms with Crippen LogP contribution in [0.1, 0.15) is 11.6 Å². The van der Waals surface area contributed by atoms with Crippen molar-refractivity contribution in [2.45, 2.75) is 6.04 Å². The van der Waals surface area contributed by atoms with Gasteiger partial charge in [-0.1, -0.05) is 6.07 Å². The van der Waals surface area contributed by atoms with Crippen LogP contribution in [-0.4, -0.2) is 19.8 Å². The zero-order valence-electron chi connectivity index (χ0n) is 8.12. The van der Waals surface area contributed by atoms with E-state index in [0.29, 0.717) is 5.56 Å². The number of alkyl carbamates (subject to hydrolysis) is 1. The molecule has 1 aromatic rings. The highest BCUT2D eigenvalue weighted by molar-refractivity contribution is 5.70. The number of carbonyl (C=O) groups excluding carboxylic acids is 1. The first-order chi connectivity index (χ1) is 7.20. The number of hydrogen-bond acceptors (Lipinski definition) is 3. The topological polar surface area (TPSA) is 47.6 Å². The molecule has 80 valence electrons. The number of halogens is 1. The minimum atomic E-state index is -0.476. The van der Waals surface area contributed by atoms with Crippen LogP contribution in [0, 0.1) is 5.82 Å². The van der Waals surface area contributed by atoms with E-state index < -0.39 is 11.9 Å². The fourth-order valence-electron chi connectivity index (χ4n) is 1.46. The predicted octanol–water partition coefficient (Wildman–Crippen LogP) is 1.62. The number of rotatable bonds is 2. The van der Waals surface area contributed by atoms with Crippen molar-refractivity contribution in [1.29, 1.82) is 0 Å². The number of nitrogens with one attached hydrogen (secondary N) is 1. The van der Waals surface area contributed by atoms with Crippen LogP contribution in [0.25, 0.3) is 0 Å². The van der Waals surface area contributed by atoms with Crippen molar-refractivity contribution in [3.63, 3.8) is 0 Å². The maximum absolute atomic E-state index is 13.3. The molecule has 2 rings (SSSR count). The summed E-state index contributed by atoms with van der Waals surface area (Å²) in [4.78, 5) is 10.8. The van der Waals surface area contributed by atoms with Gasteiger partial charge in [-0.3, -0.25) is 0 Å². The Hall–Kier alpha value is -1.78. The van der Waals surface area contributed by atoms with Crippen LogP contribution in [0.3, 0.4) is 0 Å². The Bertz CT molecular complexity index is 394. The van der Waals surface area contributed by atoms with E-state index in [1.165, 1.54) is 19.2 Å². The van der Waals surface area contributed by atoms with Gasteiger partial charge in [0.05, 0.1) is 13.2 Å². The van der Waals surface area contributed by atoms with Gasteiger partial charge < -0.3 is 14.8 Å². The first kappa shape index (κ1) is 9.76. The van der Waals surface area contributed by atoms with Crippen LogP contribution in [-0.2, 0) is 4.74 Å². The number of methoxy groups -OCH3 is 1. The molecule has 0 spiro atoms. The zero-order valence-corrected chi connectivity index (χ0v) is 8.12. The second kappa shape index (κ2) is 3.76. The molecule has 0 saturated carbocycles. The molecule has 1 atom stereocenters. The van der Waals surface area contributed by atoms with E-state index in [9.17, 15) is 9.18 Å². The molecule has 1 saturated heterocycles. The molecule has 1 N–H and O–H groups in total. The highest BCUT2D eigenvalue weighted by Gasteiger charge is 2.24. The Morgan fingerprint density at radius 2 is 2.40 bits per heavy atom. The van der Waals surface area contributed by atoms with Gasteiger partial charge in [0.1, 0.15) is 6.61 Å². The van der Waals surface area contributed by atoms with E-state index in [1.54, 1.807) is 6.07 Å². The molecular formula is C10H10FNO3. The van der Waals surface area contributed by atoms with Gasteiger partial charge >= 0.3 is 6.09 Å². The van der Waals surface area contributed by atoms with Gasteiger partial charge in [-0.15, -0.1) is 0 Å². The smallest absolute Gasteiger partial charge is 0.407 e. The second-order valence-corrected chi connectivity index (χ2v) is 3.19. The second-order valence-electron chi connectivity index (χ2n) is 3.19. The van der Waals surface area contributed by atoms with Crippen molar-refractivity contribution in [3.05, 3.63) is 29.6 Å². The number of ether oxygens (including phenoxy) is 2. The summed E-state index contributed by atoms with van der Waals surface area (Å²) in [5.74, 6) is -0.264. The summed E-state index contributed by atoms with van der Waals surface area (Å²) in [5.41, 5.74) is 0.666. The minimum Gasteiger partial charge on any atom is -0.494 e. The van der Waals surface area contributed by atoms with E-state index in [1.807, 2.05) is 0 Å². The lowest BCUT2D eigenvalue weighted by molar-refractivity contribution is 0.177. The van der Waals surface area contributed by atoms with Gasteiger partial charge in [-0.2, -0.15) is 0 Å². The van der Waals surface area contributed by atoms with Crippen molar-refractivity contribution >= 4 is 6.09 Å². The Morgan fingerprint density at radius 3 is 2.93 bits per heavy atom. The lowest BCUT2D eigenvalue weighted by Crippen LogP contribution is -2.18. The Morgan fingerprint density at radius 1 is 1.60 bits per heavy atom. The van der Waals surface area contributed by atoms with Gasteiger partial charge in [-0.05, 0) is 17.7 Å². The molecule has 0 aliphatic carbocycles. The predicted molar refractivity (Wildman–Crippen MR) is 50.2 cm³/mol. The van der Waals surface area contributed by atoms with Crippen molar-refractivity contribution in [2.24, 2.45) is 0 Å². The van der Waals surface area contributed by atoms with Gasteiger partial charge in [0, 0.05) is 0 Å². The number of cyclic esters (lactones) is 1. The van der Waals surface area contributed by atoms with Crippen molar-refractivity contribution in [3.8, 4) is 5.75 Å². The first-order valence-electron chi connectivity index (χ1n) is 4.47. The lowest BCUT2D eigenvalue weighted by Gasteiger charge is -2.09. The fourth-order valence-corrected chi connectivity index (χ4v) is 1.46. The highest BCUT2D eigenvalue weighted by atomic mass is 19.1. The van der Waals surface area contributed by atoms with Crippen molar-refractivity contribution < 1.29 is 18.7 Å². The molecule has 1 aliphatic rings. The van der Waals surface area contributed by atoms with Crippen molar-refractivity contribution in [2.75, 3.05) is 13.7 Å². The number of hydrogen-bond donors (Lipinski definition) is 1. The molecule has 15 heavy (non-hydrogen) atoms. The molecule has 4 nitrogen and oxygen atoms in total. The third-order valence-electron chi connectivity index (χ3n) is 2.25. The van der Waals surface area contributed by atoms with Gasteiger partial charge in [0.2, 0.25) is 0 Å². The first-order valence-corrected chi connectivity index (χ1v) is 4.47. The maximum atomic E-state index is 13.3. The average molecular weight is 211 g/mol. The van der Waals surface area contributed by atoms with Crippen LogP contribution < -0.4 is 10.1 Å². The van der Waals surface area contributed by atoms with Crippen LogP contribution in [0.15, 0.2) is 18.2 Å². The molecule has 5 heteroatoms. The molecule has 1 aromatic carbocycles. The Kier molecular flexibility index (Phi) is 2.45. The van der Waals surface area contributed by atoms with Crippen LogP contribution in [0.5, 0.6) is 5.75 Å². The quantitative estimate of drug-likeness (QED) is 0.808. The van der Waals surface area contributed by atoms with E-state index in [2.05, 4.69) is 5.32 Å². The Labute approximate surface area is 86.0 Å². The summed E-state index contributed by atoms with van der Waals surface area (Å²) in [6.07, 6.45) is -0.476. The molecule has 0 bridgehead atoms. The van der Waals surface area contributed by atoms with E-state index in [4.69, 9.17) is 9.47 Å². The molecule has 1 fully saturated rings. The molecule has 1 heterocycles. The Balaban J connectivity index is 2.22. The molecule has 1 amide bonds. The molecular weight excluding hydrogens is 201 g/mol. The van der Waals surface area contributed by atoms with Crippen molar-refractivity contribution in [1.82, 2.24) is 5.32 Å². The van der Waals surface area contributed by atoms with Crippen LogP contribution in [0.4, 0.5) is 9.18 Å². The van der Waals surface area contributed by atoms with Crippen LogP contribution >= 0.6 is 0 Å². The molecule has 0 aromatic heterocycles. The van der Waals surface area contributed by atoms with E-state index in [-0.39, 0.29) is 18.4 Å².